The second kappa shape index (κ2) is 4.80. The first-order valence-corrected chi connectivity index (χ1v) is 4.90. The zero-order valence-corrected chi connectivity index (χ0v) is 8.81. The van der Waals surface area contributed by atoms with Crippen LogP contribution in [-0.2, 0) is 0 Å². The first kappa shape index (κ1) is 10.8. The highest BCUT2D eigenvalue weighted by Gasteiger charge is 2.12. The van der Waals surface area contributed by atoms with Crippen molar-refractivity contribution in [1.29, 1.82) is 0 Å². The van der Waals surface area contributed by atoms with Crippen LogP contribution < -0.4 is 0 Å². The number of pyridine rings is 1. The minimum atomic E-state index is -0.544. The van der Waals surface area contributed by atoms with Crippen molar-refractivity contribution in [2.45, 2.75) is 25.9 Å². The summed E-state index contributed by atoms with van der Waals surface area (Å²) >= 11 is 11.6. The molecule has 0 aliphatic heterocycles. The van der Waals surface area contributed by atoms with Gasteiger partial charge < -0.3 is 5.11 Å². The molecular formula is C9H11Cl2NO. The molecule has 1 aromatic rings. The summed E-state index contributed by atoms with van der Waals surface area (Å²) in [6.45, 7) is 2.00. The lowest BCUT2D eigenvalue weighted by Crippen LogP contribution is -1.98. The molecule has 2 nitrogen and oxygen atoms in total. The molecule has 0 saturated carbocycles. The van der Waals surface area contributed by atoms with Gasteiger partial charge in [0.1, 0.15) is 5.15 Å². The largest absolute Gasteiger partial charge is 0.388 e. The van der Waals surface area contributed by atoms with Gasteiger partial charge in [-0.15, -0.1) is 0 Å². The van der Waals surface area contributed by atoms with E-state index in [4.69, 9.17) is 23.2 Å². The Kier molecular flexibility index (Phi) is 3.97. The average molecular weight is 220 g/mol. The summed E-state index contributed by atoms with van der Waals surface area (Å²) < 4.78 is 0. The van der Waals surface area contributed by atoms with Gasteiger partial charge in [0.25, 0.3) is 0 Å². The van der Waals surface area contributed by atoms with Gasteiger partial charge in [-0.3, -0.25) is 0 Å². The lowest BCUT2D eigenvalue weighted by molar-refractivity contribution is 0.166. The number of nitrogens with zero attached hydrogens (tertiary/aromatic N) is 1. The van der Waals surface area contributed by atoms with Crippen LogP contribution in [-0.4, -0.2) is 10.1 Å². The highest BCUT2D eigenvalue weighted by Crippen LogP contribution is 2.29. The van der Waals surface area contributed by atoms with E-state index in [-0.39, 0.29) is 5.15 Å². The van der Waals surface area contributed by atoms with E-state index in [1.807, 2.05) is 6.92 Å². The maximum Gasteiger partial charge on any atom is 0.147 e. The molecule has 0 saturated heterocycles. The lowest BCUT2D eigenvalue weighted by Gasteiger charge is -2.11. The Balaban J connectivity index is 2.93. The number of hydrogen-bond donors (Lipinski definition) is 1. The first-order valence-electron chi connectivity index (χ1n) is 4.14. The highest BCUT2D eigenvalue weighted by atomic mass is 35.5. The van der Waals surface area contributed by atoms with Crippen LogP contribution in [0, 0.1) is 0 Å². The normalized spacial score (nSPS) is 12.9. The Labute approximate surface area is 87.5 Å². The molecule has 0 radical (unpaired) electrons. The van der Waals surface area contributed by atoms with Crippen molar-refractivity contribution in [3.63, 3.8) is 0 Å². The van der Waals surface area contributed by atoms with E-state index in [9.17, 15) is 5.11 Å². The van der Waals surface area contributed by atoms with Crippen LogP contribution in [0.4, 0.5) is 0 Å². The topological polar surface area (TPSA) is 33.1 Å². The highest BCUT2D eigenvalue weighted by molar-refractivity contribution is 6.41. The first-order chi connectivity index (χ1) is 6.16. The molecule has 72 valence electrons. The number of aromatic nitrogens is 1. The number of hydrogen-bond acceptors (Lipinski definition) is 2. The second-order valence-corrected chi connectivity index (χ2v) is 3.55. The van der Waals surface area contributed by atoms with E-state index >= 15 is 0 Å². The van der Waals surface area contributed by atoms with Gasteiger partial charge in [0.2, 0.25) is 0 Å². The maximum atomic E-state index is 9.65. The van der Waals surface area contributed by atoms with E-state index in [0.717, 1.165) is 6.42 Å². The number of rotatable bonds is 3. The molecule has 1 unspecified atom stereocenters. The van der Waals surface area contributed by atoms with Crippen molar-refractivity contribution in [2.24, 2.45) is 0 Å². The zero-order chi connectivity index (χ0) is 9.84. The van der Waals surface area contributed by atoms with E-state index in [0.29, 0.717) is 17.0 Å². The summed E-state index contributed by atoms with van der Waals surface area (Å²) in [7, 11) is 0. The number of aliphatic hydroxyl groups is 1. The smallest absolute Gasteiger partial charge is 0.147 e. The minimum Gasteiger partial charge on any atom is -0.388 e. The number of halogens is 2. The average Bonchev–Trinajstić information content (AvgIpc) is 2.10. The molecule has 1 atom stereocenters. The van der Waals surface area contributed by atoms with E-state index in [1.165, 1.54) is 0 Å². The van der Waals surface area contributed by atoms with Gasteiger partial charge >= 0.3 is 0 Å². The third-order valence-electron chi connectivity index (χ3n) is 1.80. The van der Waals surface area contributed by atoms with Crippen LogP contribution in [0.25, 0.3) is 0 Å². The number of aliphatic hydroxyl groups excluding tert-OH is 1. The standard InChI is InChI=1S/C9H11Cl2NO/c1-2-3-7(13)6-4-5-12-9(11)8(6)10/h4-5,7,13H,2-3H2,1H3. The fourth-order valence-electron chi connectivity index (χ4n) is 1.12. The van der Waals surface area contributed by atoms with E-state index in [1.54, 1.807) is 12.3 Å². The molecular weight excluding hydrogens is 209 g/mol. The van der Waals surface area contributed by atoms with Crippen molar-refractivity contribution in [3.05, 3.63) is 28.0 Å². The molecule has 0 aliphatic rings. The molecule has 0 spiro atoms. The van der Waals surface area contributed by atoms with Crippen LogP contribution in [0.3, 0.4) is 0 Å². The van der Waals surface area contributed by atoms with Gasteiger partial charge in [0.05, 0.1) is 11.1 Å². The SMILES string of the molecule is CCCC(O)c1ccnc(Cl)c1Cl. The van der Waals surface area contributed by atoms with Gasteiger partial charge in [-0.05, 0) is 12.5 Å². The van der Waals surface area contributed by atoms with Crippen molar-refractivity contribution in [3.8, 4) is 0 Å². The van der Waals surface area contributed by atoms with Crippen molar-refractivity contribution in [2.75, 3.05) is 0 Å². The summed E-state index contributed by atoms with van der Waals surface area (Å²) in [5.41, 5.74) is 0.656. The van der Waals surface area contributed by atoms with Crippen molar-refractivity contribution < 1.29 is 5.11 Å². The van der Waals surface area contributed by atoms with Crippen LogP contribution in [0.15, 0.2) is 12.3 Å². The minimum absolute atomic E-state index is 0.245. The summed E-state index contributed by atoms with van der Waals surface area (Å²) in [5.74, 6) is 0. The third-order valence-corrected chi connectivity index (χ3v) is 2.58. The molecule has 0 fully saturated rings. The fourth-order valence-corrected chi connectivity index (χ4v) is 1.52. The van der Waals surface area contributed by atoms with E-state index < -0.39 is 6.10 Å². The van der Waals surface area contributed by atoms with Crippen LogP contribution in [0.2, 0.25) is 10.2 Å². The van der Waals surface area contributed by atoms with Gasteiger partial charge in [-0.25, -0.2) is 4.98 Å². The van der Waals surface area contributed by atoms with E-state index in [2.05, 4.69) is 4.98 Å². The molecule has 0 aliphatic carbocycles. The molecule has 1 heterocycles. The van der Waals surface area contributed by atoms with Crippen LogP contribution >= 0.6 is 23.2 Å². The van der Waals surface area contributed by atoms with Crippen LogP contribution in [0.1, 0.15) is 31.4 Å². The van der Waals surface area contributed by atoms with Crippen molar-refractivity contribution >= 4 is 23.2 Å². The fraction of sp³-hybridized carbons (Fsp3) is 0.444. The second-order valence-electron chi connectivity index (χ2n) is 2.81. The summed E-state index contributed by atoms with van der Waals surface area (Å²) in [6, 6.07) is 1.69. The van der Waals surface area contributed by atoms with Gasteiger partial charge in [0.15, 0.2) is 0 Å². The zero-order valence-electron chi connectivity index (χ0n) is 7.30. The molecule has 1 rings (SSSR count). The van der Waals surface area contributed by atoms with Gasteiger partial charge in [-0.1, -0.05) is 36.5 Å². The van der Waals surface area contributed by atoms with Crippen molar-refractivity contribution in [1.82, 2.24) is 4.98 Å². The maximum absolute atomic E-state index is 9.65. The molecule has 0 amide bonds. The molecule has 0 bridgehead atoms. The molecule has 0 aromatic carbocycles. The Bertz CT molecular complexity index is 291. The molecule has 1 aromatic heterocycles. The third kappa shape index (κ3) is 2.56. The predicted octanol–water partition coefficient (Wildman–Crippen LogP) is 3.22. The predicted molar refractivity (Wildman–Crippen MR) is 54.1 cm³/mol. The lowest BCUT2D eigenvalue weighted by atomic mass is 10.1. The Hall–Kier alpha value is -0.310. The summed E-state index contributed by atoms with van der Waals surface area (Å²) in [4.78, 5) is 3.80. The summed E-state index contributed by atoms with van der Waals surface area (Å²) in [6.07, 6.45) is 2.58. The van der Waals surface area contributed by atoms with Crippen LogP contribution in [0.5, 0.6) is 0 Å². The summed E-state index contributed by atoms with van der Waals surface area (Å²) in [5, 5.41) is 10.3. The Morgan fingerprint density at radius 3 is 2.85 bits per heavy atom. The van der Waals surface area contributed by atoms with Gasteiger partial charge in [0, 0.05) is 11.8 Å². The quantitative estimate of drug-likeness (QED) is 0.793. The monoisotopic (exact) mass is 219 g/mol. The van der Waals surface area contributed by atoms with Gasteiger partial charge in [-0.2, -0.15) is 0 Å². The Morgan fingerprint density at radius 2 is 2.23 bits per heavy atom. The molecule has 1 N–H and O–H groups in total. The molecule has 4 heteroatoms. The molecule has 13 heavy (non-hydrogen) atoms. The Morgan fingerprint density at radius 1 is 1.54 bits per heavy atom.